The Balaban J connectivity index is 1.59. The number of nitrogens with zero attached hydrogens (tertiary/aromatic N) is 6. The maximum absolute atomic E-state index is 4.50. The maximum Gasteiger partial charge on any atom is 0.151 e. The third-order valence-corrected chi connectivity index (χ3v) is 4.49. The van der Waals surface area contributed by atoms with E-state index in [1.54, 1.807) is 12.5 Å². The second-order valence-corrected chi connectivity index (χ2v) is 5.87. The molecule has 0 saturated carbocycles. The predicted molar refractivity (Wildman–Crippen MR) is 89.6 cm³/mol. The van der Waals surface area contributed by atoms with Gasteiger partial charge in [-0.15, -0.1) is 5.10 Å². The minimum Gasteiger partial charge on any atom is -0.354 e. The summed E-state index contributed by atoms with van der Waals surface area (Å²) in [5.74, 6) is 1.92. The molecule has 4 heterocycles. The highest BCUT2D eigenvalue weighted by Crippen LogP contribution is 2.26. The Morgan fingerprint density at radius 1 is 1.30 bits per heavy atom. The average Bonchev–Trinajstić information content (AvgIpc) is 3.11. The van der Waals surface area contributed by atoms with Crippen molar-refractivity contribution in [3.8, 4) is 0 Å². The van der Waals surface area contributed by atoms with Gasteiger partial charge in [-0.2, -0.15) is 5.10 Å². The molecule has 1 saturated heterocycles. The number of aromatic nitrogens is 5. The van der Waals surface area contributed by atoms with Gasteiger partial charge in [0.15, 0.2) is 5.82 Å². The van der Waals surface area contributed by atoms with Crippen LogP contribution in [0.25, 0.3) is 11.0 Å². The smallest absolute Gasteiger partial charge is 0.151 e. The van der Waals surface area contributed by atoms with E-state index in [2.05, 4.69) is 42.0 Å². The summed E-state index contributed by atoms with van der Waals surface area (Å²) in [7, 11) is 2.11. The SMILES string of the molecule is CN(c1ncnc2[nH]ccc12)C1CCCN(c2cccnn2)C1. The standard InChI is InChI=1S/C16H19N7/c1-22(16-13-6-8-17-15(13)18-11-19-16)12-4-3-9-23(10-12)14-5-2-7-20-21-14/h2,5-8,11-12H,3-4,9-10H2,1H3,(H,17,18,19). The second kappa shape index (κ2) is 5.83. The zero-order valence-corrected chi connectivity index (χ0v) is 13.1. The van der Waals surface area contributed by atoms with Crippen LogP contribution in [0.3, 0.4) is 0 Å². The lowest BCUT2D eigenvalue weighted by Crippen LogP contribution is -2.47. The second-order valence-electron chi connectivity index (χ2n) is 5.87. The normalized spacial score (nSPS) is 18.3. The molecule has 118 valence electrons. The van der Waals surface area contributed by atoms with E-state index >= 15 is 0 Å². The lowest BCUT2D eigenvalue weighted by atomic mass is 10.0. The molecule has 3 aromatic rings. The molecular formula is C16H19N7. The highest BCUT2D eigenvalue weighted by Gasteiger charge is 2.26. The molecule has 3 aromatic heterocycles. The van der Waals surface area contributed by atoms with Gasteiger partial charge in [-0.1, -0.05) is 0 Å². The molecule has 7 nitrogen and oxygen atoms in total. The fourth-order valence-electron chi connectivity index (χ4n) is 3.25. The quantitative estimate of drug-likeness (QED) is 0.796. The molecule has 1 atom stereocenters. The molecule has 0 aliphatic carbocycles. The summed E-state index contributed by atoms with van der Waals surface area (Å²) in [5, 5.41) is 9.29. The van der Waals surface area contributed by atoms with Gasteiger partial charge in [-0.05, 0) is 31.0 Å². The Hall–Kier alpha value is -2.70. The number of hydrogen-bond acceptors (Lipinski definition) is 6. The molecule has 0 bridgehead atoms. The fraction of sp³-hybridized carbons (Fsp3) is 0.375. The molecular weight excluding hydrogens is 290 g/mol. The van der Waals surface area contributed by atoms with Crippen molar-refractivity contribution in [3.05, 3.63) is 36.9 Å². The van der Waals surface area contributed by atoms with Crippen LogP contribution in [-0.2, 0) is 0 Å². The molecule has 1 unspecified atom stereocenters. The Labute approximate surface area is 134 Å². The van der Waals surface area contributed by atoms with Crippen LogP contribution in [0, 0.1) is 0 Å². The number of aromatic amines is 1. The van der Waals surface area contributed by atoms with Crippen molar-refractivity contribution in [2.75, 3.05) is 29.9 Å². The van der Waals surface area contributed by atoms with Gasteiger partial charge in [0.2, 0.25) is 0 Å². The van der Waals surface area contributed by atoms with E-state index in [0.29, 0.717) is 6.04 Å². The van der Waals surface area contributed by atoms with E-state index in [4.69, 9.17) is 0 Å². The number of anilines is 2. The summed E-state index contributed by atoms with van der Waals surface area (Å²) in [6, 6.07) is 6.37. The van der Waals surface area contributed by atoms with Gasteiger partial charge in [0.25, 0.3) is 0 Å². The van der Waals surface area contributed by atoms with Crippen molar-refractivity contribution in [2.24, 2.45) is 0 Å². The fourth-order valence-corrected chi connectivity index (χ4v) is 3.25. The molecule has 23 heavy (non-hydrogen) atoms. The third kappa shape index (κ3) is 2.58. The van der Waals surface area contributed by atoms with Crippen LogP contribution in [0.2, 0.25) is 0 Å². The number of piperidine rings is 1. The summed E-state index contributed by atoms with van der Waals surface area (Å²) in [4.78, 5) is 16.5. The van der Waals surface area contributed by atoms with Crippen LogP contribution in [-0.4, -0.2) is 51.3 Å². The molecule has 1 aliphatic heterocycles. The highest BCUT2D eigenvalue weighted by molar-refractivity contribution is 5.87. The van der Waals surface area contributed by atoms with Crippen LogP contribution in [0.4, 0.5) is 11.6 Å². The molecule has 0 radical (unpaired) electrons. The van der Waals surface area contributed by atoms with Crippen molar-refractivity contribution < 1.29 is 0 Å². The minimum atomic E-state index is 0.388. The van der Waals surface area contributed by atoms with Crippen LogP contribution >= 0.6 is 0 Å². The summed E-state index contributed by atoms with van der Waals surface area (Å²) in [6.07, 6.45) is 7.51. The van der Waals surface area contributed by atoms with E-state index in [9.17, 15) is 0 Å². The molecule has 7 heteroatoms. The zero-order chi connectivity index (χ0) is 15.6. The topological polar surface area (TPSA) is 73.8 Å². The van der Waals surface area contributed by atoms with E-state index in [1.165, 1.54) is 0 Å². The van der Waals surface area contributed by atoms with Crippen molar-refractivity contribution in [1.82, 2.24) is 25.1 Å². The highest BCUT2D eigenvalue weighted by atomic mass is 15.3. The van der Waals surface area contributed by atoms with Gasteiger partial charge in [0.1, 0.15) is 17.8 Å². The van der Waals surface area contributed by atoms with Crippen LogP contribution in [0.1, 0.15) is 12.8 Å². The number of hydrogen-bond donors (Lipinski definition) is 1. The Morgan fingerprint density at radius 3 is 3.13 bits per heavy atom. The van der Waals surface area contributed by atoms with E-state index in [0.717, 1.165) is 48.6 Å². The third-order valence-electron chi connectivity index (χ3n) is 4.49. The summed E-state index contributed by atoms with van der Waals surface area (Å²) in [6.45, 7) is 1.94. The number of H-pyrrole nitrogens is 1. The van der Waals surface area contributed by atoms with Gasteiger partial charge in [0, 0.05) is 38.6 Å². The molecule has 0 aromatic carbocycles. The first kappa shape index (κ1) is 13.9. The number of nitrogens with one attached hydrogen (secondary N) is 1. The Morgan fingerprint density at radius 2 is 2.26 bits per heavy atom. The average molecular weight is 309 g/mol. The lowest BCUT2D eigenvalue weighted by Gasteiger charge is -2.38. The zero-order valence-electron chi connectivity index (χ0n) is 13.1. The van der Waals surface area contributed by atoms with Crippen LogP contribution in [0.15, 0.2) is 36.9 Å². The largest absolute Gasteiger partial charge is 0.354 e. The molecule has 0 amide bonds. The van der Waals surface area contributed by atoms with Crippen molar-refractivity contribution >= 4 is 22.7 Å². The van der Waals surface area contributed by atoms with Gasteiger partial charge in [-0.25, -0.2) is 9.97 Å². The monoisotopic (exact) mass is 309 g/mol. The van der Waals surface area contributed by atoms with E-state index in [1.807, 2.05) is 24.4 Å². The Bertz CT molecular complexity index is 785. The van der Waals surface area contributed by atoms with Crippen molar-refractivity contribution in [1.29, 1.82) is 0 Å². The first-order valence-corrected chi connectivity index (χ1v) is 7.86. The van der Waals surface area contributed by atoms with Crippen LogP contribution < -0.4 is 9.80 Å². The Kier molecular flexibility index (Phi) is 3.53. The summed E-state index contributed by atoms with van der Waals surface area (Å²) < 4.78 is 0. The first-order valence-electron chi connectivity index (χ1n) is 7.86. The van der Waals surface area contributed by atoms with E-state index < -0.39 is 0 Å². The molecule has 0 spiro atoms. The van der Waals surface area contributed by atoms with Gasteiger partial charge >= 0.3 is 0 Å². The van der Waals surface area contributed by atoms with Crippen molar-refractivity contribution in [2.45, 2.75) is 18.9 Å². The molecule has 1 fully saturated rings. The maximum atomic E-state index is 4.50. The van der Waals surface area contributed by atoms with Crippen LogP contribution in [0.5, 0.6) is 0 Å². The summed E-state index contributed by atoms with van der Waals surface area (Å²) in [5.41, 5.74) is 0.878. The predicted octanol–water partition coefficient (Wildman–Crippen LogP) is 1.85. The number of rotatable bonds is 3. The molecule has 4 rings (SSSR count). The lowest BCUT2D eigenvalue weighted by molar-refractivity contribution is 0.483. The van der Waals surface area contributed by atoms with Gasteiger partial charge in [-0.3, -0.25) is 0 Å². The van der Waals surface area contributed by atoms with Crippen molar-refractivity contribution in [3.63, 3.8) is 0 Å². The first-order chi connectivity index (χ1) is 11.3. The summed E-state index contributed by atoms with van der Waals surface area (Å²) >= 11 is 0. The molecule has 1 N–H and O–H groups in total. The number of likely N-dealkylation sites (N-methyl/N-ethyl adjacent to an activating group) is 1. The van der Waals surface area contributed by atoms with Gasteiger partial charge in [0.05, 0.1) is 5.39 Å². The van der Waals surface area contributed by atoms with Gasteiger partial charge < -0.3 is 14.8 Å². The van der Waals surface area contributed by atoms with E-state index in [-0.39, 0.29) is 0 Å². The number of fused-ring (bicyclic) bond motifs is 1. The minimum absolute atomic E-state index is 0.388. The molecule has 1 aliphatic rings.